The van der Waals surface area contributed by atoms with Crippen LogP contribution in [0.25, 0.3) is 10.8 Å². The van der Waals surface area contributed by atoms with Crippen molar-refractivity contribution < 1.29 is 4.79 Å². The van der Waals surface area contributed by atoms with Crippen molar-refractivity contribution >= 4 is 51.4 Å². The van der Waals surface area contributed by atoms with Gasteiger partial charge in [0.2, 0.25) is 5.91 Å². The van der Waals surface area contributed by atoms with Crippen LogP contribution in [-0.2, 0) is 18.4 Å². The van der Waals surface area contributed by atoms with Crippen LogP contribution in [0.5, 0.6) is 0 Å². The van der Waals surface area contributed by atoms with Crippen molar-refractivity contribution in [3.63, 3.8) is 0 Å². The topological polar surface area (TPSA) is 71.8 Å². The molecule has 0 spiro atoms. The lowest BCUT2D eigenvalue weighted by molar-refractivity contribution is -0.115. The van der Waals surface area contributed by atoms with Crippen LogP contribution in [0.4, 0.5) is 11.4 Å². The molecular weight excluding hydrogens is 430 g/mol. The number of thioether (sulfide) groups is 1. The highest BCUT2D eigenvalue weighted by Crippen LogP contribution is 2.26. The van der Waals surface area contributed by atoms with Crippen molar-refractivity contribution in [1.82, 2.24) is 14.8 Å². The number of hydrogen-bond acceptors (Lipinski definition) is 5. The fourth-order valence-electron chi connectivity index (χ4n) is 3.13. The summed E-state index contributed by atoms with van der Waals surface area (Å²) in [4.78, 5) is 12.8. The summed E-state index contributed by atoms with van der Waals surface area (Å²) < 4.78 is 1.90. The van der Waals surface area contributed by atoms with Crippen molar-refractivity contribution in [3.8, 4) is 0 Å². The van der Waals surface area contributed by atoms with Gasteiger partial charge in [0.1, 0.15) is 0 Å². The quantitative estimate of drug-likeness (QED) is 0.370. The molecule has 1 amide bonds. The Balaban J connectivity index is 1.39. The summed E-state index contributed by atoms with van der Waals surface area (Å²) in [5.74, 6) is 0.698. The Morgan fingerprint density at radius 3 is 2.61 bits per heavy atom. The van der Waals surface area contributed by atoms with Crippen molar-refractivity contribution in [1.29, 1.82) is 0 Å². The predicted molar refractivity (Wildman–Crippen MR) is 128 cm³/mol. The Hall–Kier alpha value is -3.03. The molecule has 3 aromatic carbocycles. The van der Waals surface area contributed by atoms with Crippen LogP contribution in [0, 0.1) is 0 Å². The normalized spacial score (nSPS) is 12.0. The summed E-state index contributed by atoms with van der Waals surface area (Å²) in [5.41, 5.74) is 1.76. The van der Waals surface area contributed by atoms with Crippen LogP contribution < -0.4 is 10.6 Å². The van der Waals surface area contributed by atoms with E-state index in [1.165, 1.54) is 11.8 Å². The van der Waals surface area contributed by atoms with Crippen LogP contribution in [0.1, 0.15) is 12.7 Å². The minimum absolute atomic E-state index is 0.0785. The minimum atomic E-state index is -0.334. The molecule has 0 aliphatic carbocycles. The number of rotatable bonds is 7. The van der Waals surface area contributed by atoms with Crippen molar-refractivity contribution in [2.24, 2.45) is 7.05 Å². The third-order valence-corrected chi connectivity index (χ3v) is 6.30. The van der Waals surface area contributed by atoms with Crippen LogP contribution in [0.15, 0.2) is 71.9 Å². The van der Waals surface area contributed by atoms with Crippen LogP contribution in [0.3, 0.4) is 0 Å². The molecule has 8 heteroatoms. The second-order valence-corrected chi connectivity index (χ2v) is 8.84. The third kappa shape index (κ3) is 5.00. The Morgan fingerprint density at radius 1 is 1.06 bits per heavy atom. The first kappa shape index (κ1) is 21.2. The number of amides is 1. The fraction of sp³-hybridized carbons (Fsp3) is 0.174. The van der Waals surface area contributed by atoms with Gasteiger partial charge in [0.25, 0.3) is 0 Å². The van der Waals surface area contributed by atoms with E-state index in [4.69, 9.17) is 11.6 Å². The molecule has 6 nitrogen and oxygen atoms in total. The summed E-state index contributed by atoms with van der Waals surface area (Å²) in [5, 5.41) is 18.0. The van der Waals surface area contributed by atoms with Gasteiger partial charge in [-0.3, -0.25) is 4.79 Å². The van der Waals surface area contributed by atoms with Gasteiger partial charge in [-0.1, -0.05) is 59.8 Å². The summed E-state index contributed by atoms with van der Waals surface area (Å²) in [6.07, 6.45) is 0. The van der Waals surface area contributed by atoms with E-state index in [1.807, 2.05) is 85.3 Å². The monoisotopic (exact) mass is 451 g/mol. The number of halogens is 1. The Bertz CT molecular complexity index is 1200. The molecule has 1 unspecified atom stereocenters. The van der Waals surface area contributed by atoms with E-state index >= 15 is 0 Å². The number of anilines is 2. The minimum Gasteiger partial charge on any atom is -0.378 e. The van der Waals surface area contributed by atoms with Gasteiger partial charge in [0.15, 0.2) is 11.0 Å². The van der Waals surface area contributed by atoms with Gasteiger partial charge in [-0.25, -0.2) is 0 Å². The van der Waals surface area contributed by atoms with Crippen molar-refractivity contribution in [3.05, 3.63) is 77.6 Å². The Morgan fingerprint density at radius 2 is 1.81 bits per heavy atom. The highest BCUT2D eigenvalue weighted by atomic mass is 35.5. The summed E-state index contributed by atoms with van der Waals surface area (Å²) in [7, 11) is 1.90. The molecule has 31 heavy (non-hydrogen) atoms. The summed E-state index contributed by atoms with van der Waals surface area (Å²) >= 11 is 7.30. The molecule has 4 aromatic rings. The van der Waals surface area contributed by atoms with E-state index < -0.39 is 0 Å². The zero-order valence-electron chi connectivity index (χ0n) is 17.2. The number of benzene rings is 3. The smallest absolute Gasteiger partial charge is 0.237 e. The maximum Gasteiger partial charge on any atom is 0.237 e. The highest BCUT2D eigenvalue weighted by Gasteiger charge is 2.19. The SMILES string of the molecule is CC(Sc1nnc(CNc2ccc(Cl)cc2)n1C)C(=O)Nc1cccc2ccccc12. The molecular formula is C23H22ClN5OS. The lowest BCUT2D eigenvalue weighted by Crippen LogP contribution is -2.23. The summed E-state index contributed by atoms with van der Waals surface area (Å²) in [6.45, 7) is 2.38. The van der Waals surface area contributed by atoms with Gasteiger partial charge in [0.05, 0.1) is 11.8 Å². The molecule has 4 rings (SSSR count). The molecule has 0 saturated carbocycles. The van der Waals surface area contributed by atoms with Gasteiger partial charge >= 0.3 is 0 Å². The standard InChI is InChI=1S/C23H22ClN5OS/c1-15(22(30)26-20-9-5-7-16-6-3-4-8-19(16)20)31-23-28-27-21(29(23)2)14-25-18-12-10-17(24)11-13-18/h3-13,15,25H,14H2,1-2H3,(H,26,30). The second-order valence-electron chi connectivity index (χ2n) is 7.09. The maximum atomic E-state index is 12.8. The largest absolute Gasteiger partial charge is 0.378 e. The van der Waals surface area contributed by atoms with Gasteiger partial charge in [-0.05, 0) is 42.6 Å². The van der Waals surface area contributed by atoms with E-state index in [9.17, 15) is 4.79 Å². The van der Waals surface area contributed by atoms with Gasteiger partial charge in [0, 0.05) is 28.8 Å². The number of carbonyl (C=O) groups is 1. The second kappa shape index (κ2) is 9.41. The molecule has 0 aliphatic rings. The number of nitrogens with one attached hydrogen (secondary N) is 2. The first-order valence-corrected chi connectivity index (χ1v) is 11.1. The van der Waals surface area contributed by atoms with E-state index in [0.717, 1.165) is 28.0 Å². The predicted octanol–water partition coefficient (Wildman–Crippen LogP) is 5.35. The molecule has 0 bridgehead atoms. The average molecular weight is 452 g/mol. The zero-order valence-corrected chi connectivity index (χ0v) is 18.7. The Kier molecular flexibility index (Phi) is 6.44. The lowest BCUT2D eigenvalue weighted by Gasteiger charge is -2.13. The van der Waals surface area contributed by atoms with Crippen LogP contribution in [0.2, 0.25) is 5.02 Å². The highest BCUT2D eigenvalue weighted by molar-refractivity contribution is 8.00. The zero-order chi connectivity index (χ0) is 21.8. The van der Waals surface area contributed by atoms with E-state index in [1.54, 1.807) is 0 Å². The van der Waals surface area contributed by atoms with Crippen molar-refractivity contribution in [2.75, 3.05) is 10.6 Å². The molecule has 2 N–H and O–H groups in total. The first-order valence-electron chi connectivity index (χ1n) is 9.84. The lowest BCUT2D eigenvalue weighted by atomic mass is 10.1. The number of carbonyl (C=O) groups excluding carboxylic acids is 1. The molecule has 1 aromatic heterocycles. The van der Waals surface area contributed by atoms with Crippen LogP contribution in [-0.4, -0.2) is 25.9 Å². The van der Waals surface area contributed by atoms with Gasteiger partial charge in [-0.15, -0.1) is 10.2 Å². The fourth-order valence-corrected chi connectivity index (χ4v) is 4.09. The van der Waals surface area contributed by atoms with Gasteiger partial charge in [-0.2, -0.15) is 0 Å². The molecule has 0 aliphatic heterocycles. The number of fused-ring (bicyclic) bond motifs is 1. The maximum absolute atomic E-state index is 12.8. The number of aromatic nitrogens is 3. The number of nitrogens with zero attached hydrogens (tertiary/aromatic N) is 3. The molecule has 0 saturated heterocycles. The van der Waals surface area contributed by atoms with Crippen LogP contribution >= 0.6 is 23.4 Å². The molecule has 1 heterocycles. The molecule has 158 valence electrons. The molecule has 0 fully saturated rings. The third-order valence-electron chi connectivity index (χ3n) is 4.92. The average Bonchev–Trinajstić information content (AvgIpc) is 3.12. The van der Waals surface area contributed by atoms with Crippen molar-refractivity contribution in [2.45, 2.75) is 23.9 Å². The van der Waals surface area contributed by atoms with Gasteiger partial charge < -0.3 is 15.2 Å². The molecule has 0 radical (unpaired) electrons. The van der Waals surface area contributed by atoms with E-state index in [0.29, 0.717) is 16.7 Å². The first-order chi connectivity index (χ1) is 15.0. The summed E-state index contributed by atoms with van der Waals surface area (Å²) in [6, 6.07) is 21.4. The van der Waals surface area contributed by atoms with E-state index in [-0.39, 0.29) is 11.2 Å². The molecule has 1 atom stereocenters. The number of hydrogen-bond donors (Lipinski definition) is 2. The Labute approximate surface area is 190 Å². The van der Waals surface area contributed by atoms with E-state index in [2.05, 4.69) is 20.8 Å².